The van der Waals surface area contributed by atoms with Crippen LogP contribution in [0.4, 0.5) is 11.6 Å². The van der Waals surface area contributed by atoms with Gasteiger partial charge in [0.1, 0.15) is 18.2 Å². The molecule has 4 atom stereocenters. The zero-order chi connectivity index (χ0) is 30.3. The molecule has 2 aliphatic rings. The molecule has 42 heavy (non-hydrogen) atoms. The number of aliphatic hydroxyl groups excluding tert-OH is 1. The molecule has 2 aromatic rings. The number of nitrogens with zero attached hydrogens (tertiary/aromatic N) is 3. The molecule has 0 aliphatic heterocycles. The van der Waals surface area contributed by atoms with Gasteiger partial charge >= 0.3 is 0 Å². The molecule has 0 spiro atoms. The predicted octanol–water partition coefficient (Wildman–Crippen LogP) is 2.26. The molecule has 1 amide bonds. The van der Waals surface area contributed by atoms with E-state index in [-0.39, 0.29) is 24.5 Å². The van der Waals surface area contributed by atoms with Crippen LogP contribution in [0.3, 0.4) is 0 Å². The van der Waals surface area contributed by atoms with E-state index in [1.54, 1.807) is 44.3 Å². The van der Waals surface area contributed by atoms with Gasteiger partial charge in [-0.3, -0.25) is 9.10 Å². The molecule has 2 aliphatic carbocycles. The van der Waals surface area contributed by atoms with E-state index in [4.69, 9.17) is 4.74 Å². The number of anilines is 2. The standard InChI is InChI=1S/C30H42N6O5S/c1-20(2)42(39,40)36(4)28-16-23(15-27(35-28)33-17-24-14-21(24)3)30(38)34-25(19-41-29-9-5-6-13-32-29)26(37)18-31-12-7-8-22-10-11-22/h5-6,9,13,15-16,20-22,24-26,31,37H,10-12,14,17-19H2,1-4H3,(H,33,35)(H,34,38)/t21-,24+,25-,26+/m0/s1. The summed E-state index contributed by atoms with van der Waals surface area (Å²) in [6, 6.07) is 7.46. The number of carbonyl (C=O) groups is 1. The first-order chi connectivity index (χ1) is 20.0. The number of pyridine rings is 2. The Morgan fingerprint density at radius 2 is 2.02 bits per heavy atom. The van der Waals surface area contributed by atoms with E-state index in [2.05, 4.69) is 44.7 Å². The molecular weight excluding hydrogens is 556 g/mol. The van der Waals surface area contributed by atoms with Crippen molar-refractivity contribution in [3.05, 3.63) is 42.1 Å². The smallest absolute Gasteiger partial charge is 0.251 e. The van der Waals surface area contributed by atoms with Crippen LogP contribution in [-0.4, -0.2) is 80.1 Å². The highest BCUT2D eigenvalue weighted by Crippen LogP contribution is 2.37. The Bertz CT molecular complexity index is 1370. The van der Waals surface area contributed by atoms with E-state index in [9.17, 15) is 18.3 Å². The first-order valence-corrected chi connectivity index (χ1v) is 16.0. The van der Waals surface area contributed by atoms with Crippen molar-refractivity contribution in [2.24, 2.45) is 17.8 Å². The van der Waals surface area contributed by atoms with Gasteiger partial charge in [0.05, 0.1) is 23.9 Å². The molecule has 2 aromatic heterocycles. The summed E-state index contributed by atoms with van der Waals surface area (Å²) in [7, 11) is -2.26. The number of ether oxygens (including phenoxy) is 1. The Hall–Kier alpha value is -3.40. The third-order valence-electron chi connectivity index (χ3n) is 7.48. The minimum absolute atomic E-state index is 0.0381. The minimum atomic E-state index is -3.68. The number of sulfonamides is 1. The lowest BCUT2D eigenvalue weighted by Crippen LogP contribution is -2.50. The molecular formula is C30H42N6O5S. The Balaban J connectivity index is 1.51. The molecule has 228 valence electrons. The number of hydrogen-bond acceptors (Lipinski definition) is 9. The van der Waals surface area contributed by atoms with Crippen molar-refractivity contribution in [1.29, 1.82) is 0 Å². The largest absolute Gasteiger partial charge is 0.475 e. The molecule has 2 fully saturated rings. The van der Waals surface area contributed by atoms with Crippen molar-refractivity contribution in [2.75, 3.05) is 42.9 Å². The van der Waals surface area contributed by atoms with Crippen LogP contribution in [0.25, 0.3) is 0 Å². The minimum Gasteiger partial charge on any atom is -0.475 e. The molecule has 0 radical (unpaired) electrons. The van der Waals surface area contributed by atoms with Gasteiger partial charge in [0, 0.05) is 43.9 Å². The molecule has 0 unspecified atom stereocenters. The molecule has 2 saturated carbocycles. The predicted molar refractivity (Wildman–Crippen MR) is 163 cm³/mol. The van der Waals surface area contributed by atoms with Crippen molar-refractivity contribution in [1.82, 2.24) is 20.6 Å². The van der Waals surface area contributed by atoms with E-state index in [1.807, 2.05) is 0 Å². The van der Waals surface area contributed by atoms with Gasteiger partial charge in [-0.05, 0) is 63.1 Å². The van der Waals surface area contributed by atoms with Crippen LogP contribution in [0.5, 0.6) is 5.88 Å². The normalized spacial score (nSPS) is 19.3. The zero-order valence-electron chi connectivity index (χ0n) is 24.7. The van der Waals surface area contributed by atoms with Crippen LogP contribution in [0.2, 0.25) is 0 Å². The molecule has 0 bridgehead atoms. The Labute approximate surface area is 248 Å². The average molecular weight is 599 g/mol. The summed E-state index contributed by atoms with van der Waals surface area (Å²) in [6.07, 6.45) is 3.98. The Morgan fingerprint density at radius 1 is 1.26 bits per heavy atom. The fourth-order valence-electron chi connectivity index (χ4n) is 4.22. The fourth-order valence-corrected chi connectivity index (χ4v) is 5.21. The van der Waals surface area contributed by atoms with Gasteiger partial charge in [-0.1, -0.05) is 24.8 Å². The molecule has 4 N–H and O–H groups in total. The van der Waals surface area contributed by atoms with E-state index in [0.29, 0.717) is 42.5 Å². The summed E-state index contributed by atoms with van der Waals surface area (Å²) in [5.74, 6) is 8.23. The number of aliphatic hydroxyl groups is 1. The lowest BCUT2D eigenvalue weighted by Gasteiger charge is -2.25. The fraction of sp³-hybridized carbons (Fsp3) is 0.567. The number of carbonyl (C=O) groups excluding carboxylic acids is 1. The highest BCUT2D eigenvalue weighted by atomic mass is 32.2. The lowest BCUT2D eigenvalue weighted by atomic mass is 10.1. The molecule has 2 heterocycles. The summed E-state index contributed by atoms with van der Waals surface area (Å²) < 4.78 is 32.7. The summed E-state index contributed by atoms with van der Waals surface area (Å²) in [5.41, 5.74) is 0.204. The van der Waals surface area contributed by atoms with Gasteiger partial charge in [-0.15, -0.1) is 0 Å². The average Bonchev–Trinajstić information content (AvgIpc) is 3.91. The highest BCUT2D eigenvalue weighted by molar-refractivity contribution is 7.93. The van der Waals surface area contributed by atoms with Crippen molar-refractivity contribution in [3.63, 3.8) is 0 Å². The first-order valence-electron chi connectivity index (χ1n) is 14.5. The third-order valence-corrected chi connectivity index (χ3v) is 9.62. The van der Waals surface area contributed by atoms with Crippen LogP contribution in [-0.2, 0) is 10.0 Å². The van der Waals surface area contributed by atoms with Crippen molar-refractivity contribution in [3.8, 4) is 17.7 Å². The van der Waals surface area contributed by atoms with Crippen LogP contribution in [0.15, 0.2) is 36.5 Å². The third kappa shape index (κ3) is 9.05. The second kappa shape index (κ2) is 14.2. The first kappa shape index (κ1) is 31.5. The van der Waals surface area contributed by atoms with Crippen LogP contribution in [0, 0.1) is 29.6 Å². The number of hydrogen-bond donors (Lipinski definition) is 4. The number of nitrogens with one attached hydrogen (secondary N) is 3. The van der Waals surface area contributed by atoms with E-state index in [0.717, 1.165) is 23.6 Å². The van der Waals surface area contributed by atoms with Gasteiger partial charge in [0.15, 0.2) is 0 Å². The topological polar surface area (TPSA) is 146 Å². The zero-order valence-corrected chi connectivity index (χ0v) is 25.5. The second-order valence-corrected chi connectivity index (χ2v) is 13.9. The van der Waals surface area contributed by atoms with E-state index in [1.165, 1.54) is 13.1 Å². The van der Waals surface area contributed by atoms with Crippen molar-refractivity contribution in [2.45, 2.75) is 57.4 Å². The Morgan fingerprint density at radius 3 is 2.67 bits per heavy atom. The molecule has 0 saturated heterocycles. The maximum atomic E-state index is 13.6. The maximum absolute atomic E-state index is 13.6. The SMILES string of the molecule is CC(C)S(=O)(=O)N(C)c1cc(C(=O)N[C@@H](COc2ccccn2)[C@H](O)CNCC#CC2CC2)cc(NC[C@H]2C[C@@H]2C)n1. The number of aromatic nitrogens is 2. The quantitative estimate of drug-likeness (QED) is 0.179. The molecule has 12 heteroatoms. The van der Waals surface area contributed by atoms with Gasteiger partial charge in [-0.2, -0.15) is 0 Å². The van der Waals surface area contributed by atoms with Crippen LogP contribution >= 0.6 is 0 Å². The van der Waals surface area contributed by atoms with Gasteiger partial charge < -0.3 is 25.8 Å². The summed E-state index contributed by atoms with van der Waals surface area (Å²) in [6.45, 7) is 6.60. The monoisotopic (exact) mass is 598 g/mol. The number of amides is 1. The number of rotatable bonds is 15. The van der Waals surface area contributed by atoms with Crippen molar-refractivity contribution < 1.29 is 23.1 Å². The second-order valence-electron chi connectivity index (χ2n) is 11.4. The summed E-state index contributed by atoms with van der Waals surface area (Å²) in [5, 5.41) is 19.6. The van der Waals surface area contributed by atoms with Crippen molar-refractivity contribution >= 4 is 27.6 Å². The Kier molecular flexibility index (Phi) is 10.6. The lowest BCUT2D eigenvalue weighted by molar-refractivity contribution is 0.0732. The van der Waals surface area contributed by atoms with Gasteiger partial charge in [0.25, 0.3) is 5.91 Å². The molecule has 11 nitrogen and oxygen atoms in total. The molecule has 4 rings (SSSR count). The summed E-state index contributed by atoms with van der Waals surface area (Å²) in [4.78, 5) is 22.2. The van der Waals surface area contributed by atoms with Gasteiger partial charge in [-0.25, -0.2) is 18.4 Å². The highest BCUT2D eigenvalue weighted by Gasteiger charge is 2.32. The van der Waals surface area contributed by atoms with E-state index < -0.39 is 33.3 Å². The maximum Gasteiger partial charge on any atom is 0.251 e. The summed E-state index contributed by atoms with van der Waals surface area (Å²) >= 11 is 0. The van der Waals surface area contributed by atoms with Gasteiger partial charge in [0.2, 0.25) is 15.9 Å². The van der Waals surface area contributed by atoms with Crippen LogP contribution < -0.4 is 25.0 Å². The molecule has 0 aromatic carbocycles. The van der Waals surface area contributed by atoms with Crippen LogP contribution in [0.1, 0.15) is 50.4 Å². The van der Waals surface area contributed by atoms with E-state index >= 15 is 0 Å².